The van der Waals surface area contributed by atoms with Gasteiger partial charge in [0, 0.05) is 0 Å². The first-order valence-corrected chi connectivity index (χ1v) is 5.87. The van der Waals surface area contributed by atoms with Crippen molar-refractivity contribution in [2.45, 2.75) is 13.3 Å². The molecule has 0 atom stereocenters. The van der Waals surface area contributed by atoms with E-state index in [4.69, 9.17) is 4.74 Å². The van der Waals surface area contributed by atoms with Crippen molar-refractivity contribution in [3.63, 3.8) is 0 Å². The Morgan fingerprint density at radius 3 is 2.84 bits per heavy atom. The maximum atomic E-state index is 11.6. The highest BCUT2D eigenvalue weighted by molar-refractivity contribution is 6.01. The van der Waals surface area contributed by atoms with Gasteiger partial charge in [0.2, 0.25) is 0 Å². The van der Waals surface area contributed by atoms with Crippen LogP contribution in [0.5, 0.6) is 0 Å². The summed E-state index contributed by atoms with van der Waals surface area (Å²) in [4.78, 5) is 30.2. The summed E-state index contributed by atoms with van der Waals surface area (Å²) in [6.45, 7) is 2.07. The Bertz CT molecular complexity index is 618. The lowest BCUT2D eigenvalue weighted by atomic mass is 10.2. The second-order valence-corrected chi connectivity index (χ2v) is 3.86. The zero-order valence-electron chi connectivity index (χ0n) is 10.7. The number of para-hydroxylation sites is 1. The molecule has 0 fully saturated rings. The third kappa shape index (κ3) is 2.73. The molecule has 0 amide bonds. The standard InChI is InChI=1S/C13H14N2O4/c1-3-19-11(16)7-10-14-9-6-4-5-8(12(9)15-10)13(17)18-2/h4-6H,3,7H2,1-2H3,(H,14,15). The molecule has 0 bridgehead atoms. The number of esters is 2. The lowest BCUT2D eigenvalue weighted by Crippen LogP contribution is -2.08. The number of imidazole rings is 1. The number of carbonyl (C=O) groups is 2. The highest BCUT2D eigenvalue weighted by atomic mass is 16.5. The minimum atomic E-state index is -0.459. The number of hydrogen-bond donors (Lipinski definition) is 1. The van der Waals surface area contributed by atoms with E-state index in [-0.39, 0.29) is 12.4 Å². The molecular weight excluding hydrogens is 248 g/mol. The molecule has 0 aliphatic heterocycles. The molecule has 6 nitrogen and oxygen atoms in total. The number of nitrogens with zero attached hydrogens (tertiary/aromatic N) is 1. The zero-order chi connectivity index (χ0) is 13.8. The van der Waals surface area contributed by atoms with Gasteiger partial charge in [-0.1, -0.05) is 6.07 Å². The number of rotatable bonds is 4. The maximum absolute atomic E-state index is 11.6. The van der Waals surface area contributed by atoms with Gasteiger partial charge in [0.05, 0.1) is 24.8 Å². The second kappa shape index (κ2) is 5.51. The van der Waals surface area contributed by atoms with E-state index >= 15 is 0 Å². The number of carbonyl (C=O) groups excluding carboxylic acids is 2. The molecule has 0 saturated carbocycles. The number of fused-ring (bicyclic) bond motifs is 1. The van der Waals surface area contributed by atoms with Crippen molar-refractivity contribution in [1.29, 1.82) is 0 Å². The Hall–Kier alpha value is -2.37. The summed E-state index contributed by atoms with van der Waals surface area (Å²) in [7, 11) is 1.31. The molecule has 1 heterocycles. The first kappa shape index (κ1) is 13.1. The second-order valence-electron chi connectivity index (χ2n) is 3.86. The first-order chi connectivity index (χ1) is 9.15. The minimum absolute atomic E-state index is 0.0448. The van der Waals surface area contributed by atoms with E-state index in [1.807, 2.05) is 0 Å². The predicted molar refractivity (Wildman–Crippen MR) is 67.8 cm³/mol. The SMILES string of the molecule is CCOC(=O)Cc1nc2c(C(=O)OC)cccc2[nH]1. The Kier molecular flexibility index (Phi) is 3.79. The van der Waals surface area contributed by atoms with Gasteiger partial charge in [0.15, 0.2) is 0 Å². The fourth-order valence-corrected chi connectivity index (χ4v) is 1.79. The normalized spacial score (nSPS) is 10.4. The third-order valence-electron chi connectivity index (χ3n) is 2.58. The Labute approximate surface area is 109 Å². The lowest BCUT2D eigenvalue weighted by Gasteiger charge is -1.98. The molecule has 0 saturated heterocycles. The molecule has 6 heteroatoms. The van der Waals surface area contributed by atoms with Crippen LogP contribution in [-0.4, -0.2) is 35.6 Å². The van der Waals surface area contributed by atoms with Gasteiger partial charge in [0.25, 0.3) is 0 Å². The van der Waals surface area contributed by atoms with Gasteiger partial charge < -0.3 is 14.5 Å². The Balaban J connectivity index is 2.35. The van der Waals surface area contributed by atoms with Crippen LogP contribution in [-0.2, 0) is 20.7 Å². The van der Waals surface area contributed by atoms with Crippen molar-refractivity contribution < 1.29 is 19.1 Å². The van der Waals surface area contributed by atoms with Gasteiger partial charge in [0.1, 0.15) is 17.8 Å². The molecule has 1 aromatic heterocycles. The van der Waals surface area contributed by atoms with E-state index in [9.17, 15) is 9.59 Å². The summed E-state index contributed by atoms with van der Waals surface area (Å²) in [5, 5.41) is 0. The number of methoxy groups -OCH3 is 1. The summed E-state index contributed by atoms with van der Waals surface area (Å²) in [5.74, 6) is -0.356. The average Bonchev–Trinajstić information content (AvgIpc) is 2.79. The molecule has 0 aliphatic rings. The lowest BCUT2D eigenvalue weighted by molar-refractivity contribution is -0.142. The van der Waals surface area contributed by atoms with Gasteiger partial charge in [-0.15, -0.1) is 0 Å². The number of aromatic nitrogens is 2. The van der Waals surface area contributed by atoms with Crippen LogP contribution >= 0.6 is 0 Å². The molecule has 0 spiro atoms. The number of aromatic amines is 1. The van der Waals surface area contributed by atoms with E-state index in [0.29, 0.717) is 29.0 Å². The van der Waals surface area contributed by atoms with Crippen molar-refractivity contribution in [2.75, 3.05) is 13.7 Å². The van der Waals surface area contributed by atoms with Crippen LogP contribution < -0.4 is 0 Å². The number of hydrogen-bond acceptors (Lipinski definition) is 5. The van der Waals surface area contributed by atoms with Crippen LogP contribution in [0, 0.1) is 0 Å². The number of benzene rings is 1. The number of H-pyrrole nitrogens is 1. The summed E-state index contributed by atoms with van der Waals surface area (Å²) in [6.07, 6.45) is 0.0448. The molecule has 2 aromatic rings. The van der Waals surface area contributed by atoms with Crippen LogP contribution in [0.15, 0.2) is 18.2 Å². The molecule has 0 unspecified atom stereocenters. The average molecular weight is 262 g/mol. The van der Waals surface area contributed by atoms with Crippen LogP contribution in [0.3, 0.4) is 0 Å². The predicted octanol–water partition coefficient (Wildman–Crippen LogP) is 1.46. The summed E-state index contributed by atoms with van der Waals surface area (Å²) in [6, 6.07) is 5.13. The minimum Gasteiger partial charge on any atom is -0.466 e. The van der Waals surface area contributed by atoms with Gasteiger partial charge in [-0.2, -0.15) is 0 Å². The van der Waals surface area contributed by atoms with E-state index in [2.05, 4.69) is 14.7 Å². The number of nitrogens with one attached hydrogen (secondary N) is 1. The van der Waals surface area contributed by atoms with Gasteiger partial charge in [-0.25, -0.2) is 9.78 Å². The fourth-order valence-electron chi connectivity index (χ4n) is 1.79. The maximum Gasteiger partial charge on any atom is 0.340 e. The molecule has 0 radical (unpaired) electrons. The molecule has 100 valence electrons. The van der Waals surface area contributed by atoms with Crippen LogP contribution in [0.4, 0.5) is 0 Å². The van der Waals surface area contributed by atoms with Crippen molar-refractivity contribution in [2.24, 2.45) is 0 Å². The number of ether oxygens (including phenoxy) is 2. The molecule has 2 rings (SSSR count). The highest BCUT2D eigenvalue weighted by Crippen LogP contribution is 2.17. The quantitative estimate of drug-likeness (QED) is 0.843. The topological polar surface area (TPSA) is 81.3 Å². The smallest absolute Gasteiger partial charge is 0.340 e. The van der Waals surface area contributed by atoms with Crippen molar-refractivity contribution in [3.05, 3.63) is 29.6 Å². The summed E-state index contributed by atoms with van der Waals surface area (Å²) < 4.78 is 9.54. The molecule has 0 aliphatic carbocycles. The van der Waals surface area contributed by atoms with Gasteiger partial charge in [-0.05, 0) is 19.1 Å². The van der Waals surface area contributed by atoms with Crippen LogP contribution in [0.2, 0.25) is 0 Å². The molecule has 1 N–H and O–H groups in total. The molecule has 1 aromatic carbocycles. The van der Waals surface area contributed by atoms with Gasteiger partial charge in [-0.3, -0.25) is 4.79 Å². The van der Waals surface area contributed by atoms with Crippen molar-refractivity contribution in [1.82, 2.24) is 9.97 Å². The summed E-state index contributed by atoms with van der Waals surface area (Å²) in [5.41, 5.74) is 1.54. The Morgan fingerprint density at radius 1 is 1.37 bits per heavy atom. The van der Waals surface area contributed by atoms with E-state index in [1.54, 1.807) is 25.1 Å². The van der Waals surface area contributed by atoms with E-state index in [0.717, 1.165) is 0 Å². The monoisotopic (exact) mass is 262 g/mol. The van der Waals surface area contributed by atoms with Gasteiger partial charge >= 0.3 is 11.9 Å². The Morgan fingerprint density at radius 2 is 2.16 bits per heavy atom. The molecular formula is C13H14N2O4. The third-order valence-corrected chi connectivity index (χ3v) is 2.58. The van der Waals surface area contributed by atoms with Crippen LogP contribution in [0.1, 0.15) is 23.1 Å². The van der Waals surface area contributed by atoms with Crippen LogP contribution in [0.25, 0.3) is 11.0 Å². The van der Waals surface area contributed by atoms with Crippen molar-refractivity contribution >= 4 is 23.0 Å². The van der Waals surface area contributed by atoms with Crippen molar-refractivity contribution in [3.8, 4) is 0 Å². The fraction of sp³-hybridized carbons (Fsp3) is 0.308. The molecule has 19 heavy (non-hydrogen) atoms. The van der Waals surface area contributed by atoms with E-state index in [1.165, 1.54) is 7.11 Å². The summed E-state index contributed by atoms with van der Waals surface area (Å²) >= 11 is 0. The van der Waals surface area contributed by atoms with E-state index < -0.39 is 5.97 Å². The largest absolute Gasteiger partial charge is 0.466 e. The highest BCUT2D eigenvalue weighted by Gasteiger charge is 2.15. The first-order valence-electron chi connectivity index (χ1n) is 5.87. The zero-order valence-corrected chi connectivity index (χ0v) is 10.7.